The second-order valence-corrected chi connectivity index (χ2v) is 7.68. The minimum atomic E-state index is -0.158. The Kier molecular flexibility index (Phi) is 4.52. The van der Waals surface area contributed by atoms with E-state index in [4.69, 9.17) is 0 Å². The van der Waals surface area contributed by atoms with Gasteiger partial charge < -0.3 is 10.3 Å². The summed E-state index contributed by atoms with van der Waals surface area (Å²) in [5.41, 5.74) is 4.78. The lowest BCUT2D eigenvalue weighted by Crippen LogP contribution is -2.34. The molecule has 1 amide bonds. The molecule has 4 aromatic rings. The number of aromatic amines is 1. The van der Waals surface area contributed by atoms with Gasteiger partial charge in [-0.15, -0.1) is 0 Å². The quantitative estimate of drug-likeness (QED) is 0.563. The third-order valence-electron chi connectivity index (χ3n) is 5.89. The molecule has 0 spiro atoms. The van der Waals surface area contributed by atoms with Crippen LogP contribution in [0, 0.1) is 0 Å². The standard InChI is InChI=1S/C22H24N6O/c1-23-22(29)18-12-26-28-20(8-9-24-21(18)28)15-5-4-10-27(13-15)14-16-11-25-19-7-3-2-6-17(16)19/h2-3,6-9,11-12,15,25H,4-5,10,13-14H2,1H3,(H,23,29). The highest BCUT2D eigenvalue weighted by Gasteiger charge is 2.25. The van der Waals surface area contributed by atoms with Gasteiger partial charge in [0.1, 0.15) is 5.56 Å². The Labute approximate surface area is 168 Å². The Hall–Kier alpha value is -3.19. The average molecular weight is 388 g/mol. The van der Waals surface area contributed by atoms with Gasteiger partial charge in [-0.2, -0.15) is 5.10 Å². The van der Waals surface area contributed by atoms with Crippen LogP contribution >= 0.6 is 0 Å². The number of carbonyl (C=O) groups is 1. The highest BCUT2D eigenvalue weighted by atomic mass is 16.1. The fourth-order valence-electron chi connectivity index (χ4n) is 4.46. The second kappa shape index (κ2) is 7.33. The maximum absolute atomic E-state index is 12.1. The highest BCUT2D eigenvalue weighted by molar-refractivity contribution is 5.99. The molecule has 148 valence electrons. The van der Waals surface area contributed by atoms with Crippen LogP contribution in [0.2, 0.25) is 0 Å². The molecule has 1 saturated heterocycles. The molecule has 1 aliphatic rings. The number of hydrogen-bond donors (Lipinski definition) is 2. The molecule has 0 aliphatic carbocycles. The summed E-state index contributed by atoms with van der Waals surface area (Å²) in [6.45, 7) is 2.98. The molecule has 1 aromatic carbocycles. The van der Waals surface area contributed by atoms with Crippen molar-refractivity contribution in [2.24, 2.45) is 0 Å². The molecule has 7 heteroatoms. The number of benzene rings is 1. The molecule has 1 fully saturated rings. The topological polar surface area (TPSA) is 78.3 Å². The number of amides is 1. The molecule has 5 rings (SSSR count). The Morgan fingerprint density at radius 2 is 2.21 bits per heavy atom. The number of carbonyl (C=O) groups excluding carboxylic acids is 1. The SMILES string of the molecule is CNC(=O)c1cnn2c(C3CCCN(Cc4c[nH]c5ccccc45)C3)ccnc12. The molecule has 1 unspecified atom stereocenters. The summed E-state index contributed by atoms with van der Waals surface area (Å²) in [6, 6.07) is 10.5. The lowest BCUT2D eigenvalue weighted by atomic mass is 9.94. The van der Waals surface area contributed by atoms with Crippen LogP contribution in [0.4, 0.5) is 0 Å². The fraction of sp³-hybridized carbons (Fsp3) is 0.318. The number of aromatic nitrogens is 4. The number of nitrogens with zero attached hydrogens (tertiary/aromatic N) is 4. The smallest absolute Gasteiger partial charge is 0.256 e. The number of piperidine rings is 1. The molecular weight excluding hydrogens is 364 g/mol. The number of hydrogen-bond acceptors (Lipinski definition) is 4. The van der Waals surface area contributed by atoms with E-state index < -0.39 is 0 Å². The van der Waals surface area contributed by atoms with Crippen molar-refractivity contribution in [3.05, 3.63) is 65.7 Å². The van der Waals surface area contributed by atoms with E-state index in [1.54, 1.807) is 19.4 Å². The van der Waals surface area contributed by atoms with Gasteiger partial charge >= 0.3 is 0 Å². The fourth-order valence-corrected chi connectivity index (χ4v) is 4.46. The normalized spacial score (nSPS) is 17.8. The van der Waals surface area contributed by atoms with Crippen LogP contribution in [-0.2, 0) is 6.54 Å². The minimum absolute atomic E-state index is 0.158. The van der Waals surface area contributed by atoms with Gasteiger partial charge in [-0.1, -0.05) is 18.2 Å². The molecule has 0 radical (unpaired) electrons. The van der Waals surface area contributed by atoms with Gasteiger partial charge in [-0.3, -0.25) is 9.69 Å². The van der Waals surface area contributed by atoms with Crippen LogP contribution in [-0.4, -0.2) is 50.5 Å². The third-order valence-corrected chi connectivity index (χ3v) is 5.89. The Balaban J connectivity index is 1.41. The molecular formula is C22H24N6O. The lowest BCUT2D eigenvalue weighted by Gasteiger charge is -2.32. The molecule has 1 aliphatic heterocycles. The molecule has 3 aromatic heterocycles. The van der Waals surface area contributed by atoms with Gasteiger partial charge in [0.15, 0.2) is 5.65 Å². The monoisotopic (exact) mass is 388 g/mol. The van der Waals surface area contributed by atoms with Crippen molar-refractivity contribution in [3.8, 4) is 0 Å². The number of fused-ring (bicyclic) bond motifs is 2. The summed E-state index contributed by atoms with van der Waals surface area (Å²) in [5, 5.41) is 8.43. The van der Waals surface area contributed by atoms with Gasteiger partial charge in [0, 0.05) is 49.4 Å². The maximum atomic E-state index is 12.1. The summed E-state index contributed by atoms with van der Waals surface area (Å²) >= 11 is 0. The minimum Gasteiger partial charge on any atom is -0.361 e. The zero-order valence-electron chi connectivity index (χ0n) is 16.4. The van der Waals surface area contributed by atoms with Crippen molar-refractivity contribution in [1.29, 1.82) is 0 Å². The van der Waals surface area contributed by atoms with Crippen molar-refractivity contribution in [1.82, 2.24) is 29.8 Å². The summed E-state index contributed by atoms with van der Waals surface area (Å²) in [5.74, 6) is 0.200. The van der Waals surface area contributed by atoms with Crippen LogP contribution < -0.4 is 5.32 Å². The molecule has 2 N–H and O–H groups in total. The predicted octanol–water partition coefficient (Wildman–Crippen LogP) is 2.95. The van der Waals surface area contributed by atoms with Gasteiger partial charge in [-0.25, -0.2) is 9.50 Å². The number of H-pyrrole nitrogens is 1. The van der Waals surface area contributed by atoms with Crippen molar-refractivity contribution in [2.45, 2.75) is 25.3 Å². The second-order valence-electron chi connectivity index (χ2n) is 7.68. The van der Waals surface area contributed by atoms with Crippen molar-refractivity contribution in [2.75, 3.05) is 20.1 Å². The molecule has 29 heavy (non-hydrogen) atoms. The Morgan fingerprint density at radius 3 is 3.10 bits per heavy atom. The van der Waals surface area contributed by atoms with Crippen molar-refractivity contribution < 1.29 is 4.79 Å². The molecule has 0 saturated carbocycles. The Morgan fingerprint density at radius 1 is 1.31 bits per heavy atom. The van der Waals surface area contributed by atoms with Gasteiger partial charge in [0.25, 0.3) is 5.91 Å². The zero-order valence-corrected chi connectivity index (χ0v) is 16.4. The Bertz CT molecular complexity index is 1180. The zero-order chi connectivity index (χ0) is 19.8. The first-order chi connectivity index (χ1) is 14.2. The number of nitrogens with one attached hydrogen (secondary N) is 2. The van der Waals surface area contributed by atoms with E-state index >= 15 is 0 Å². The summed E-state index contributed by atoms with van der Waals surface area (Å²) < 4.78 is 1.84. The van der Waals surface area contributed by atoms with Crippen LogP contribution in [0.5, 0.6) is 0 Å². The van der Waals surface area contributed by atoms with Crippen molar-refractivity contribution >= 4 is 22.5 Å². The van der Waals surface area contributed by atoms with E-state index in [9.17, 15) is 4.79 Å². The van der Waals surface area contributed by atoms with Crippen LogP contribution in [0.3, 0.4) is 0 Å². The average Bonchev–Trinajstić information content (AvgIpc) is 3.38. The summed E-state index contributed by atoms with van der Waals surface area (Å²) in [4.78, 5) is 22.4. The van der Waals surface area contributed by atoms with Crippen LogP contribution in [0.25, 0.3) is 16.6 Å². The van der Waals surface area contributed by atoms with E-state index in [1.807, 2.05) is 10.6 Å². The lowest BCUT2D eigenvalue weighted by molar-refractivity contribution is 0.0964. The third kappa shape index (κ3) is 3.17. The molecule has 0 bridgehead atoms. The van der Waals surface area contributed by atoms with E-state index in [-0.39, 0.29) is 5.91 Å². The first kappa shape index (κ1) is 17.9. The first-order valence-electron chi connectivity index (χ1n) is 10.1. The maximum Gasteiger partial charge on any atom is 0.256 e. The molecule has 4 heterocycles. The van der Waals surface area contributed by atoms with Gasteiger partial charge in [-0.05, 0) is 37.1 Å². The van der Waals surface area contributed by atoms with E-state index in [2.05, 4.69) is 55.7 Å². The summed E-state index contributed by atoms with van der Waals surface area (Å²) in [6.07, 6.45) is 7.77. The van der Waals surface area contributed by atoms with Gasteiger partial charge in [0.05, 0.1) is 11.9 Å². The number of rotatable bonds is 4. The van der Waals surface area contributed by atoms with E-state index in [1.165, 1.54) is 16.5 Å². The van der Waals surface area contributed by atoms with Crippen LogP contribution in [0.1, 0.15) is 40.4 Å². The van der Waals surface area contributed by atoms with E-state index in [0.29, 0.717) is 17.1 Å². The molecule has 7 nitrogen and oxygen atoms in total. The number of likely N-dealkylation sites (tertiary alicyclic amines) is 1. The van der Waals surface area contributed by atoms with Crippen LogP contribution in [0.15, 0.2) is 48.9 Å². The first-order valence-corrected chi connectivity index (χ1v) is 10.1. The van der Waals surface area contributed by atoms with Crippen molar-refractivity contribution in [3.63, 3.8) is 0 Å². The predicted molar refractivity (Wildman–Crippen MR) is 112 cm³/mol. The van der Waals surface area contributed by atoms with Gasteiger partial charge in [0.2, 0.25) is 0 Å². The van der Waals surface area contributed by atoms with E-state index in [0.717, 1.165) is 38.2 Å². The molecule has 1 atom stereocenters. The summed E-state index contributed by atoms with van der Waals surface area (Å²) in [7, 11) is 1.62. The largest absolute Gasteiger partial charge is 0.361 e. The number of para-hydroxylation sites is 1. The highest BCUT2D eigenvalue weighted by Crippen LogP contribution is 2.29.